The molecule has 2 fully saturated rings. The largest absolute Gasteiger partial charge is 0.326 e. The third kappa shape index (κ3) is 5.47. The SMILES string of the molecule is Cc1ccccc1NC(=O)CC1S/C(=N/S(=O)(=O)c2ccccc2)N(C2CCCCC2)C1=O. The number of benzene rings is 2. The Morgan fingerprint density at radius 3 is 2.42 bits per heavy atom. The van der Waals surface area contributed by atoms with Crippen LogP contribution in [0.25, 0.3) is 0 Å². The molecule has 4 rings (SSSR count). The zero-order valence-electron chi connectivity index (χ0n) is 18.4. The van der Waals surface area contributed by atoms with E-state index in [1.807, 2.05) is 31.2 Å². The van der Waals surface area contributed by atoms with Gasteiger partial charge >= 0.3 is 0 Å². The van der Waals surface area contributed by atoms with Gasteiger partial charge in [-0.05, 0) is 43.5 Å². The van der Waals surface area contributed by atoms with E-state index >= 15 is 0 Å². The van der Waals surface area contributed by atoms with Crippen LogP contribution >= 0.6 is 11.8 Å². The molecule has 2 aliphatic rings. The van der Waals surface area contributed by atoms with Gasteiger partial charge in [-0.15, -0.1) is 4.40 Å². The highest BCUT2D eigenvalue weighted by atomic mass is 32.2. The second-order valence-corrected chi connectivity index (χ2v) is 11.1. The molecule has 0 spiro atoms. The summed E-state index contributed by atoms with van der Waals surface area (Å²) in [4.78, 5) is 27.7. The van der Waals surface area contributed by atoms with Crippen molar-refractivity contribution in [3.63, 3.8) is 0 Å². The van der Waals surface area contributed by atoms with Crippen molar-refractivity contribution in [2.45, 2.75) is 61.6 Å². The summed E-state index contributed by atoms with van der Waals surface area (Å²) in [5.74, 6) is -0.528. The van der Waals surface area contributed by atoms with Crippen molar-refractivity contribution >= 4 is 44.5 Å². The van der Waals surface area contributed by atoms with Gasteiger partial charge in [0.05, 0.1) is 4.90 Å². The van der Waals surface area contributed by atoms with Gasteiger partial charge in [0.25, 0.3) is 10.0 Å². The van der Waals surface area contributed by atoms with Crippen LogP contribution in [0.1, 0.15) is 44.1 Å². The van der Waals surface area contributed by atoms with Crippen LogP contribution in [0, 0.1) is 6.92 Å². The zero-order valence-corrected chi connectivity index (χ0v) is 20.1. The van der Waals surface area contributed by atoms with Crippen molar-refractivity contribution in [1.29, 1.82) is 0 Å². The van der Waals surface area contributed by atoms with Gasteiger partial charge in [-0.3, -0.25) is 14.5 Å². The van der Waals surface area contributed by atoms with Crippen LogP contribution < -0.4 is 5.32 Å². The highest BCUT2D eigenvalue weighted by molar-refractivity contribution is 8.16. The van der Waals surface area contributed by atoms with Gasteiger partial charge in [-0.1, -0.05) is 67.4 Å². The molecule has 0 radical (unpaired) electrons. The van der Waals surface area contributed by atoms with Crippen molar-refractivity contribution in [1.82, 2.24) is 4.90 Å². The van der Waals surface area contributed by atoms with Crippen LogP contribution in [0.5, 0.6) is 0 Å². The summed E-state index contributed by atoms with van der Waals surface area (Å²) in [6.45, 7) is 1.90. The number of amides is 2. The Morgan fingerprint density at radius 1 is 1.06 bits per heavy atom. The van der Waals surface area contributed by atoms with Gasteiger partial charge in [0, 0.05) is 18.2 Å². The highest BCUT2D eigenvalue weighted by Gasteiger charge is 2.43. The highest BCUT2D eigenvalue weighted by Crippen LogP contribution is 2.36. The molecule has 1 saturated carbocycles. The first-order chi connectivity index (χ1) is 15.8. The Kier molecular flexibility index (Phi) is 7.19. The Bertz CT molecular complexity index is 1160. The molecule has 2 aromatic carbocycles. The lowest BCUT2D eigenvalue weighted by Gasteiger charge is -2.30. The fourth-order valence-corrected chi connectivity index (χ4v) is 6.61. The van der Waals surface area contributed by atoms with Crippen LogP contribution in [-0.2, 0) is 19.6 Å². The molecule has 0 bridgehead atoms. The Labute approximate surface area is 198 Å². The van der Waals surface area contributed by atoms with Gasteiger partial charge in [-0.2, -0.15) is 8.42 Å². The van der Waals surface area contributed by atoms with E-state index in [2.05, 4.69) is 9.71 Å². The lowest BCUT2D eigenvalue weighted by atomic mass is 9.94. The van der Waals surface area contributed by atoms with E-state index in [0.29, 0.717) is 5.69 Å². The second kappa shape index (κ2) is 10.1. The van der Waals surface area contributed by atoms with Crippen molar-refractivity contribution in [3.8, 4) is 0 Å². The molecule has 1 N–H and O–H groups in total. The number of aryl methyl sites for hydroxylation is 1. The summed E-state index contributed by atoms with van der Waals surface area (Å²) in [6.07, 6.45) is 4.62. The summed E-state index contributed by atoms with van der Waals surface area (Å²) < 4.78 is 29.9. The normalized spacial score (nSPS) is 20.9. The number of hydrogen-bond donors (Lipinski definition) is 1. The van der Waals surface area contributed by atoms with E-state index in [9.17, 15) is 18.0 Å². The molecule has 1 heterocycles. The number of para-hydroxylation sites is 1. The van der Waals surface area contributed by atoms with Gasteiger partial charge in [-0.25, -0.2) is 0 Å². The quantitative estimate of drug-likeness (QED) is 0.656. The molecule has 1 aliphatic heterocycles. The lowest BCUT2D eigenvalue weighted by Crippen LogP contribution is -2.42. The van der Waals surface area contributed by atoms with E-state index in [4.69, 9.17) is 0 Å². The number of thioether (sulfide) groups is 1. The Morgan fingerprint density at radius 2 is 1.73 bits per heavy atom. The minimum Gasteiger partial charge on any atom is -0.326 e. The molecule has 9 heteroatoms. The number of sulfonamides is 1. The van der Waals surface area contributed by atoms with Crippen molar-refractivity contribution in [3.05, 3.63) is 60.2 Å². The maximum Gasteiger partial charge on any atom is 0.284 e. The fourth-order valence-electron chi connectivity index (χ4n) is 4.18. The third-order valence-corrected chi connectivity index (χ3v) is 8.48. The molecule has 2 aromatic rings. The minimum atomic E-state index is -3.97. The molecule has 1 saturated heterocycles. The standard InChI is InChI=1S/C24H27N3O4S2/c1-17-10-8-9-15-20(17)25-22(28)16-21-23(29)27(18-11-4-2-5-12-18)24(32-21)26-33(30,31)19-13-6-3-7-14-19/h3,6-10,13-15,18,21H,2,4-5,11-12,16H2,1H3,(H,25,28)/b26-24+. The fraction of sp³-hybridized carbons (Fsp3) is 0.375. The van der Waals surface area contributed by atoms with Gasteiger partial charge in [0.2, 0.25) is 11.8 Å². The summed E-state index contributed by atoms with van der Waals surface area (Å²) in [6, 6.07) is 15.3. The maximum absolute atomic E-state index is 13.3. The molecule has 1 aliphatic carbocycles. The summed E-state index contributed by atoms with van der Waals surface area (Å²) >= 11 is 1.07. The summed E-state index contributed by atoms with van der Waals surface area (Å²) in [5.41, 5.74) is 1.62. The first-order valence-corrected chi connectivity index (χ1v) is 13.4. The number of nitrogens with zero attached hydrogens (tertiary/aromatic N) is 2. The summed E-state index contributed by atoms with van der Waals surface area (Å²) in [7, 11) is -3.97. The molecule has 174 valence electrons. The first kappa shape index (κ1) is 23.5. The molecule has 0 aromatic heterocycles. The van der Waals surface area contributed by atoms with Crippen LogP contribution in [0.4, 0.5) is 5.69 Å². The van der Waals surface area contributed by atoms with Gasteiger partial charge in [0.15, 0.2) is 5.17 Å². The average Bonchev–Trinajstić information content (AvgIpc) is 3.10. The number of amidine groups is 1. The Balaban J connectivity index is 1.58. The van der Waals surface area contributed by atoms with Gasteiger partial charge < -0.3 is 5.32 Å². The van der Waals surface area contributed by atoms with E-state index in [1.54, 1.807) is 18.2 Å². The van der Waals surface area contributed by atoms with Gasteiger partial charge in [0.1, 0.15) is 5.25 Å². The van der Waals surface area contributed by atoms with Crippen LogP contribution in [0.15, 0.2) is 63.9 Å². The molecular weight excluding hydrogens is 458 g/mol. The first-order valence-electron chi connectivity index (χ1n) is 11.1. The molecule has 7 nitrogen and oxygen atoms in total. The van der Waals surface area contributed by atoms with E-state index in [1.165, 1.54) is 17.0 Å². The number of rotatable bonds is 6. The molecule has 1 atom stereocenters. The maximum atomic E-state index is 13.3. The number of nitrogens with one attached hydrogen (secondary N) is 1. The number of carbonyl (C=O) groups is 2. The van der Waals surface area contributed by atoms with Crippen molar-refractivity contribution in [2.75, 3.05) is 5.32 Å². The number of anilines is 1. The van der Waals surface area contributed by atoms with E-state index in [0.717, 1.165) is 49.4 Å². The van der Waals surface area contributed by atoms with E-state index in [-0.39, 0.29) is 34.3 Å². The second-order valence-electron chi connectivity index (χ2n) is 8.34. The minimum absolute atomic E-state index is 0.0501. The lowest BCUT2D eigenvalue weighted by molar-refractivity contribution is -0.130. The smallest absolute Gasteiger partial charge is 0.284 e. The number of hydrogen-bond acceptors (Lipinski definition) is 5. The van der Waals surface area contributed by atoms with Crippen LogP contribution in [-0.4, -0.2) is 41.6 Å². The molecule has 1 unspecified atom stereocenters. The predicted molar refractivity (Wildman–Crippen MR) is 131 cm³/mol. The van der Waals surface area contributed by atoms with Crippen molar-refractivity contribution < 1.29 is 18.0 Å². The molecule has 2 amide bonds. The average molecular weight is 486 g/mol. The Hall–Kier alpha value is -2.65. The van der Waals surface area contributed by atoms with E-state index < -0.39 is 15.3 Å². The summed E-state index contributed by atoms with van der Waals surface area (Å²) in [5, 5.41) is 2.32. The molecular formula is C24H27N3O4S2. The van der Waals surface area contributed by atoms with Crippen LogP contribution in [0.3, 0.4) is 0 Å². The van der Waals surface area contributed by atoms with Crippen LogP contribution in [0.2, 0.25) is 0 Å². The monoisotopic (exact) mass is 485 g/mol. The topological polar surface area (TPSA) is 95.9 Å². The number of carbonyl (C=O) groups excluding carboxylic acids is 2. The van der Waals surface area contributed by atoms with Crippen molar-refractivity contribution in [2.24, 2.45) is 4.40 Å². The molecule has 33 heavy (non-hydrogen) atoms. The third-order valence-electron chi connectivity index (χ3n) is 5.94. The zero-order chi connectivity index (χ0) is 23.4. The predicted octanol–water partition coefficient (Wildman–Crippen LogP) is 4.35.